The number of aryl methyl sites for hydroxylation is 1. The van der Waals surface area contributed by atoms with E-state index >= 15 is 0 Å². The molecule has 11 nitrogen and oxygen atoms in total. The molecular weight excluding hydrogens is 455 g/mol. The number of hydrogen-bond acceptors (Lipinski definition) is 8. The van der Waals surface area contributed by atoms with Gasteiger partial charge in [-0.2, -0.15) is 0 Å². The van der Waals surface area contributed by atoms with E-state index in [1.165, 1.54) is 37.4 Å². The molecule has 35 heavy (non-hydrogen) atoms. The highest BCUT2D eigenvalue weighted by atomic mass is 19.1. The summed E-state index contributed by atoms with van der Waals surface area (Å²) in [4.78, 5) is 32.3. The number of nitrogens with one attached hydrogen (secondary N) is 2. The predicted octanol–water partition coefficient (Wildman–Crippen LogP) is 0.964. The molecule has 6 N–H and O–H groups in total. The van der Waals surface area contributed by atoms with Crippen molar-refractivity contribution in [1.29, 1.82) is 0 Å². The van der Waals surface area contributed by atoms with E-state index in [2.05, 4.69) is 25.7 Å². The number of aromatic nitrogens is 2. The largest absolute Gasteiger partial charge is 0.494 e. The van der Waals surface area contributed by atoms with E-state index in [0.717, 1.165) is 19.3 Å². The van der Waals surface area contributed by atoms with Crippen LogP contribution in [0.5, 0.6) is 5.75 Å². The van der Waals surface area contributed by atoms with E-state index in [4.69, 9.17) is 16.3 Å². The second-order valence-electron chi connectivity index (χ2n) is 8.52. The minimum atomic E-state index is -0.483. The van der Waals surface area contributed by atoms with Gasteiger partial charge in [0.15, 0.2) is 17.4 Å². The van der Waals surface area contributed by atoms with E-state index in [9.17, 15) is 14.0 Å². The van der Waals surface area contributed by atoms with Crippen molar-refractivity contribution in [2.24, 2.45) is 22.6 Å². The second-order valence-corrected chi connectivity index (χ2v) is 8.52. The summed E-state index contributed by atoms with van der Waals surface area (Å²) in [5, 5.41) is 11.1. The SMILES string of the molecule is COc1cc(CNC(=O)c2cc(/C(N)=N/N(N)CC3CCC(NC(C)=O)C3)nc(C)n2)ccc1F. The first-order valence-electron chi connectivity index (χ1n) is 11.2. The Kier molecular flexibility index (Phi) is 8.53. The van der Waals surface area contributed by atoms with Crippen LogP contribution in [0.4, 0.5) is 4.39 Å². The fourth-order valence-corrected chi connectivity index (χ4v) is 4.06. The Bertz CT molecular complexity index is 1110. The van der Waals surface area contributed by atoms with Gasteiger partial charge in [-0.15, -0.1) is 5.10 Å². The quantitative estimate of drug-likeness (QED) is 0.176. The normalized spacial score (nSPS) is 17.7. The standard InChI is InChI=1S/C23H31FN8O3/c1-13-28-19(22(25)31-32(26)12-16-4-6-17(8-16)30-14(2)33)10-20(29-13)23(34)27-11-15-5-7-18(24)21(9-15)35-3/h5,7,9-10,16-17H,4,6,8,11-12,26H2,1-3H3,(H2,25,31)(H,27,34)(H,30,33). The Balaban J connectivity index is 1.62. The predicted molar refractivity (Wildman–Crippen MR) is 127 cm³/mol. The van der Waals surface area contributed by atoms with Crippen molar-refractivity contribution in [3.63, 3.8) is 0 Å². The van der Waals surface area contributed by atoms with Crippen LogP contribution < -0.4 is 26.9 Å². The molecule has 2 amide bonds. The van der Waals surface area contributed by atoms with Crippen LogP contribution in [0.15, 0.2) is 29.4 Å². The molecule has 1 aliphatic rings. The molecule has 0 aliphatic heterocycles. The lowest BCUT2D eigenvalue weighted by atomic mass is 10.1. The molecule has 2 aromatic rings. The van der Waals surface area contributed by atoms with Crippen molar-refractivity contribution >= 4 is 17.6 Å². The van der Waals surface area contributed by atoms with Crippen molar-refractivity contribution in [3.05, 3.63) is 52.9 Å². The van der Waals surface area contributed by atoms with Gasteiger partial charge >= 0.3 is 0 Å². The van der Waals surface area contributed by atoms with Gasteiger partial charge in [0.1, 0.15) is 17.2 Å². The number of carbonyl (C=O) groups is 2. The first-order chi connectivity index (χ1) is 16.6. The van der Waals surface area contributed by atoms with Gasteiger partial charge in [-0.25, -0.2) is 25.3 Å². The molecule has 0 spiro atoms. The van der Waals surface area contributed by atoms with Crippen molar-refractivity contribution < 1.29 is 18.7 Å². The van der Waals surface area contributed by atoms with Gasteiger partial charge in [0.05, 0.1) is 13.7 Å². The minimum Gasteiger partial charge on any atom is -0.494 e. The Morgan fingerprint density at radius 2 is 2.00 bits per heavy atom. The van der Waals surface area contributed by atoms with E-state index in [0.29, 0.717) is 17.9 Å². The molecule has 2 unspecified atom stereocenters. The van der Waals surface area contributed by atoms with Crippen LogP contribution >= 0.6 is 0 Å². The molecule has 0 saturated heterocycles. The Morgan fingerprint density at radius 1 is 1.26 bits per heavy atom. The lowest BCUT2D eigenvalue weighted by molar-refractivity contribution is -0.119. The topological polar surface area (TPSA) is 161 Å². The van der Waals surface area contributed by atoms with Gasteiger partial charge in [0.25, 0.3) is 5.91 Å². The lowest BCUT2D eigenvalue weighted by Gasteiger charge is -2.18. The van der Waals surface area contributed by atoms with E-state index in [1.807, 2.05) is 0 Å². The number of methoxy groups -OCH3 is 1. The number of ether oxygens (including phenoxy) is 1. The molecule has 1 aromatic carbocycles. The van der Waals surface area contributed by atoms with Crippen LogP contribution in [0.1, 0.15) is 53.8 Å². The number of hydrazine groups is 1. The van der Waals surface area contributed by atoms with Gasteiger partial charge in [-0.1, -0.05) is 6.07 Å². The van der Waals surface area contributed by atoms with Gasteiger partial charge in [0.2, 0.25) is 5.91 Å². The molecule has 1 fully saturated rings. The summed E-state index contributed by atoms with van der Waals surface area (Å²) in [5.41, 5.74) is 7.15. The average Bonchev–Trinajstić information content (AvgIpc) is 3.23. The molecule has 1 saturated carbocycles. The monoisotopic (exact) mass is 486 g/mol. The molecule has 0 bridgehead atoms. The van der Waals surface area contributed by atoms with Crippen LogP contribution in [0.2, 0.25) is 0 Å². The molecule has 0 radical (unpaired) electrons. The van der Waals surface area contributed by atoms with E-state index < -0.39 is 11.7 Å². The summed E-state index contributed by atoms with van der Waals surface area (Å²) in [6.07, 6.45) is 2.63. The zero-order valence-corrected chi connectivity index (χ0v) is 20.0. The zero-order valence-electron chi connectivity index (χ0n) is 20.0. The van der Waals surface area contributed by atoms with Crippen LogP contribution in [0.3, 0.4) is 0 Å². The zero-order chi connectivity index (χ0) is 25.5. The van der Waals surface area contributed by atoms with Gasteiger partial charge in [-0.3, -0.25) is 9.59 Å². The summed E-state index contributed by atoms with van der Waals surface area (Å²) in [6.45, 7) is 3.76. The number of amides is 2. The third-order valence-electron chi connectivity index (χ3n) is 5.63. The molecule has 12 heteroatoms. The Hall–Kier alpha value is -3.80. The van der Waals surface area contributed by atoms with Crippen molar-refractivity contribution in [3.8, 4) is 5.75 Å². The maximum absolute atomic E-state index is 13.6. The summed E-state index contributed by atoms with van der Waals surface area (Å²) >= 11 is 0. The fourth-order valence-electron chi connectivity index (χ4n) is 4.06. The number of hydrogen-bond donors (Lipinski definition) is 4. The summed E-state index contributed by atoms with van der Waals surface area (Å²) in [6, 6.07) is 5.92. The maximum Gasteiger partial charge on any atom is 0.270 e. The van der Waals surface area contributed by atoms with Gasteiger partial charge < -0.3 is 21.1 Å². The van der Waals surface area contributed by atoms with Crippen LogP contribution in [0.25, 0.3) is 0 Å². The number of nitrogens with two attached hydrogens (primary N) is 2. The van der Waals surface area contributed by atoms with Crippen molar-refractivity contribution in [1.82, 2.24) is 25.7 Å². The molecule has 1 aliphatic carbocycles. The third-order valence-corrected chi connectivity index (χ3v) is 5.63. The van der Waals surface area contributed by atoms with Crippen LogP contribution in [-0.4, -0.2) is 52.4 Å². The highest BCUT2D eigenvalue weighted by molar-refractivity contribution is 5.99. The van der Waals surface area contributed by atoms with Crippen molar-refractivity contribution in [2.75, 3.05) is 13.7 Å². The third kappa shape index (κ3) is 7.34. The summed E-state index contributed by atoms with van der Waals surface area (Å²) in [5.74, 6) is 5.81. The first-order valence-corrected chi connectivity index (χ1v) is 11.2. The molecular formula is C23H31FN8O3. The lowest BCUT2D eigenvalue weighted by Crippen LogP contribution is -2.35. The number of amidine groups is 1. The van der Waals surface area contributed by atoms with Crippen LogP contribution in [0, 0.1) is 18.7 Å². The van der Waals surface area contributed by atoms with Crippen LogP contribution in [-0.2, 0) is 11.3 Å². The fraction of sp³-hybridized carbons (Fsp3) is 0.435. The number of rotatable bonds is 9. The Morgan fingerprint density at radius 3 is 2.71 bits per heavy atom. The number of benzene rings is 1. The number of hydrazone groups is 1. The smallest absolute Gasteiger partial charge is 0.270 e. The molecule has 188 valence electrons. The Labute approximate surface area is 203 Å². The molecule has 1 aromatic heterocycles. The first kappa shape index (κ1) is 25.8. The average molecular weight is 487 g/mol. The number of nitrogens with zero attached hydrogens (tertiary/aromatic N) is 4. The van der Waals surface area contributed by atoms with E-state index in [1.54, 1.807) is 13.0 Å². The molecule has 1 heterocycles. The molecule has 2 atom stereocenters. The van der Waals surface area contributed by atoms with Crippen molar-refractivity contribution in [2.45, 2.75) is 45.7 Å². The number of carbonyl (C=O) groups excluding carboxylic acids is 2. The van der Waals surface area contributed by atoms with Gasteiger partial charge in [0, 0.05) is 19.5 Å². The van der Waals surface area contributed by atoms with E-state index in [-0.39, 0.29) is 47.4 Å². The highest BCUT2D eigenvalue weighted by Gasteiger charge is 2.26. The number of halogens is 1. The minimum absolute atomic E-state index is 0.0427. The summed E-state index contributed by atoms with van der Waals surface area (Å²) < 4.78 is 18.5. The summed E-state index contributed by atoms with van der Waals surface area (Å²) in [7, 11) is 1.37. The maximum atomic E-state index is 13.6. The highest BCUT2D eigenvalue weighted by Crippen LogP contribution is 2.26. The second kappa shape index (κ2) is 11.6. The van der Waals surface area contributed by atoms with Gasteiger partial charge in [-0.05, 0) is 55.9 Å². The molecule has 3 rings (SSSR count).